The quantitative estimate of drug-likeness (QED) is 0.459. The number of halogens is 3. The van der Waals surface area contributed by atoms with Crippen molar-refractivity contribution in [2.24, 2.45) is 0 Å². The molecule has 3 aromatic rings. The molecule has 0 aliphatic heterocycles. The maximum atomic E-state index is 6.12. The smallest absolute Gasteiger partial charge is 0.227 e. The number of fused-ring (bicyclic) bond motifs is 1. The average Bonchev–Trinajstić information content (AvgIpc) is 2.81. The minimum atomic E-state index is 0.318. The second kappa shape index (κ2) is 4.85. The molecule has 3 nitrogen and oxygen atoms in total. The van der Waals surface area contributed by atoms with E-state index in [1.165, 1.54) is 0 Å². The van der Waals surface area contributed by atoms with Gasteiger partial charge in [-0.05, 0) is 46.9 Å². The van der Waals surface area contributed by atoms with Gasteiger partial charge in [0.05, 0.1) is 15.7 Å². The van der Waals surface area contributed by atoms with E-state index in [4.69, 9.17) is 33.4 Å². The van der Waals surface area contributed by atoms with Gasteiger partial charge in [0.2, 0.25) is 5.89 Å². The van der Waals surface area contributed by atoms with Crippen molar-refractivity contribution in [2.75, 3.05) is 5.73 Å². The predicted octanol–water partition coefficient (Wildman–Crippen LogP) is 4.99. The summed E-state index contributed by atoms with van der Waals surface area (Å²) in [5, 5.41) is 0.686. The van der Waals surface area contributed by atoms with Crippen molar-refractivity contribution in [3.05, 3.63) is 43.9 Å². The Hall–Kier alpha value is -0.980. The number of oxazole rings is 1. The molecule has 0 spiro atoms. The van der Waals surface area contributed by atoms with Gasteiger partial charge in [-0.15, -0.1) is 0 Å². The number of rotatable bonds is 1. The van der Waals surface area contributed by atoms with Gasteiger partial charge in [0.15, 0.2) is 5.58 Å². The molecule has 96 valence electrons. The Morgan fingerprint density at radius 1 is 1.16 bits per heavy atom. The Morgan fingerprint density at radius 2 is 1.84 bits per heavy atom. The van der Waals surface area contributed by atoms with Crippen LogP contribution in [-0.4, -0.2) is 4.98 Å². The standard InChI is InChI=1S/C13H7Cl2IN2O/c14-8-5-9-12(10(15)11(8)17)18-13(19-9)6-1-3-7(16)4-2-6/h1-5H,17H2. The van der Waals surface area contributed by atoms with E-state index >= 15 is 0 Å². The SMILES string of the molecule is Nc1c(Cl)cc2oc(-c3ccc(I)cc3)nc2c1Cl. The zero-order valence-corrected chi connectivity index (χ0v) is 13.1. The summed E-state index contributed by atoms with van der Waals surface area (Å²) in [4.78, 5) is 4.37. The van der Waals surface area contributed by atoms with E-state index in [2.05, 4.69) is 27.6 Å². The summed E-state index contributed by atoms with van der Waals surface area (Å²) in [5.41, 5.74) is 8.02. The van der Waals surface area contributed by atoms with Crippen LogP contribution >= 0.6 is 45.8 Å². The molecular formula is C13H7Cl2IN2O. The van der Waals surface area contributed by atoms with Gasteiger partial charge >= 0.3 is 0 Å². The highest BCUT2D eigenvalue weighted by molar-refractivity contribution is 14.1. The largest absolute Gasteiger partial charge is 0.436 e. The molecule has 1 aromatic heterocycles. The number of benzene rings is 2. The molecule has 0 aliphatic carbocycles. The van der Waals surface area contributed by atoms with Crippen LogP contribution in [0.4, 0.5) is 5.69 Å². The first-order valence-electron chi connectivity index (χ1n) is 5.36. The van der Waals surface area contributed by atoms with Gasteiger partial charge in [0.1, 0.15) is 5.52 Å². The lowest BCUT2D eigenvalue weighted by atomic mass is 10.2. The second-order valence-electron chi connectivity index (χ2n) is 3.96. The summed E-state index contributed by atoms with van der Waals surface area (Å²) in [7, 11) is 0. The van der Waals surface area contributed by atoms with Gasteiger partial charge in [0, 0.05) is 15.2 Å². The van der Waals surface area contributed by atoms with Crippen molar-refractivity contribution in [3.63, 3.8) is 0 Å². The highest BCUT2D eigenvalue weighted by Crippen LogP contribution is 2.36. The van der Waals surface area contributed by atoms with E-state index < -0.39 is 0 Å². The summed E-state index contributed by atoms with van der Waals surface area (Å²) in [6.07, 6.45) is 0. The summed E-state index contributed by atoms with van der Waals surface area (Å²) in [5.74, 6) is 0.495. The molecule has 0 radical (unpaired) electrons. The lowest BCUT2D eigenvalue weighted by molar-refractivity contribution is 0.620. The molecule has 0 aliphatic rings. The molecule has 2 aromatic carbocycles. The van der Waals surface area contributed by atoms with Crippen molar-refractivity contribution in [3.8, 4) is 11.5 Å². The van der Waals surface area contributed by atoms with Gasteiger partial charge in [-0.2, -0.15) is 0 Å². The lowest BCUT2D eigenvalue weighted by Gasteiger charge is -1.99. The molecule has 0 fully saturated rings. The minimum absolute atomic E-state index is 0.318. The second-order valence-corrected chi connectivity index (χ2v) is 5.99. The monoisotopic (exact) mass is 404 g/mol. The Morgan fingerprint density at radius 3 is 2.53 bits per heavy atom. The normalized spacial score (nSPS) is 11.1. The molecule has 19 heavy (non-hydrogen) atoms. The molecule has 3 rings (SSSR count). The van der Waals surface area contributed by atoms with Gasteiger partial charge in [0.25, 0.3) is 0 Å². The predicted molar refractivity (Wildman–Crippen MR) is 86.6 cm³/mol. The van der Waals surface area contributed by atoms with Gasteiger partial charge in [-0.1, -0.05) is 23.2 Å². The van der Waals surface area contributed by atoms with Gasteiger partial charge in [-0.3, -0.25) is 0 Å². The first-order chi connectivity index (χ1) is 9.06. The van der Waals surface area contributed by atoms with E-state index in [0.29, 0.717) is 32.7 Å². The van der Waals surface area contributed by atoms with Crippen LogP contribution in [-0.2, 0) is 0 Å². The van der Waals surface area contributed by atoms with Gasteiger partial charge in [-0.25, -0.2) is 4.98 Å². The number of nitrogens with two attached hydrogens (primary N) is 1. The number of hydrogen-bond acceptors (Lipinski definition) is 3. The van der Waals surface area contributed by atoms with E-state index in [1.54, 1.807) is 6.07 Å². The molecule has 0 saturated heterocycles. The van der Waals surface area contributed by atoms with Crippen LogP contribution in [0.5, 0.6) is 0 Å². The van der Waals surface area contributed by atoms with E-state index in [-0.39, 0.29) is 0 Å². The van der Waals surface area contributed by atoms with Gasteiger partial charge < -0.3 is 10.2 Å². The lowest BCUT2D eigenvalue weighted by Crippen LogP contribution is -1.88. The van der Waals surface area contributed by atoms with Crippen LogP contribution in [0.15, 0.2) is 34.7 Å². The fourth-order valence-corrected chi connectivity index (χ4v) is 2.57. The van der Waals surface area contributed by atoms with E-state index in [9.17, 15) is 0 Å². The van der Waals surface area contributed by atoms with Crippen LogP contribution in [0, 0.1) is 3.57 Å². The number of hydrogen-bond donors (Lipinski definition) is 1. The average molecular weight is 405 g/mol. The fraction of sp³-hybridized carbons (Fsp3) is 0. The van der Waals surface area contributed by atoms with Crippen LogP contribution in [0.1, 0.15) is 0 Å². The Bertz CT molecular complexity index is 768. The number of anilines is 1. The van der Waals surface area contributed by atoms with Crippen molar-refractivity contribution in [2.45, 2.75) is 0 Å². The molecule has 0 unspecified atom stereocenters. The third-order valence-electron chi connectivity index (χ3n) is 2.70. The molecule has 2 N–H and O–H groups in total. The molecule has 0 amide bonds. The third kappa shape index (κ3) is 2.28. The highest BCUT2D eigenvalue weighted by atomic mass is 127. The molecule has 6 heteroatoms. The molecule has 0 bridgehead atoms. The van der Waals surface area contributed by atoms with Crippen molar-refractivity contribution in [1.82, 2.24) is 4.98 Å². The topological polar surface area (TPSA) is 52.0 Å². The zero-order chi connectivity index (χ0) is 13.6. The van der Waals surface area contributed by atoms with Crippen LogP contribution in [0.3, 0.4) is 0 Å². The molecular weight excluding hydrogens is 398 g/mol. The number of nitrogens with zero attached hydrogens (tertiary/aromatic N) is 1. The summed E-state index contributed by atoms with van der Waals surface area (Å²) in [6.45, 7) is 0. The Balaban J connectivity index is 2.22. The number of nitrogen functional groups attached to an aromatic ring is 1. The van der Waals surface area contributed by atoms with Crippen molar-refractivity contribution < 1.29 is 4.42 Å². The fourth-order valence-electron chi connectivity index (χ4n) is 1.73. The Kier molecular flexibility index (Phi) is 3.32. The maximum Gasteiger partial charge on any atom is 0.227 e. The summed E-state index contributed by atoms with van der Waals surface area (Å²) < 4.78 is 6.81. The summed E-state index contributed by atoms with van der Waals surface area (Å²) >= 11 is 14.3. The van der Waals surface area contributed by atoms with Crippen molar-refractivity contribution in [1.29, 1.82) is 0 Å². The van der Waals surface area contributed by atoms with Crippen LogP contribution in [0.2, 0.25) is 10.0 Å². The van der Waals surface area contributed by atoms with Crippen LogP contribution in [0.25, 0.3) is 22.6 Å². The summed E-state index contributed by atoms with van der Waals surface area (Å²) in [6, 6.07) is 9.46. The highest BCUT2D eigenvalue weighted by Gasteiger charge is 2.15. The maximum absolute atomic E-state index is 6.12. The van der Waals surface area contributed by atoms with E-state index in [1.807, 2.05) is 24.3 Å². The minimum Gasteiger partial charge on any atom is -0.436 e. The number of aromatic nitrogens is 1. The first-order valence-corrected chi connectivity index (χ1v) is 7.19. The third-order valence-corrected chi connectivity index (χ3v) is 4.12. The molecule has 1 heterocycles. The molecule has 0 atom stereocenters. The van der Waals surface area contributed by atoms with Crippen molar-refractivity contribution >= 4 is 62.6 Å². The van der Waals surface area contributed by atoms with E-state index in [0.717, 1.165) is 9.13 Å². The Labute approximate surface area is 132 Å². The molecule has 0 saturated carbocycles. The van der Waals surface area contributed by atoms with Crippen LogP contribution < -0.4 is 5.73 Å². The zero-order valence-electron chi connectivity index (χ0n) is 9.45. The first kappa shape index (κ1) is 13.0.